The van der Waals surface area contributed by atoms with Gasteiger partial charge in [0.25, 0.3) is 0 Å². The fourth-order valence-corrected chi connectivity index (χ4v) is 3.07. The van der Waals surface area contributed by atoms with Crippen molar-refractivity contribution < 1.29 is 40.6 Å². The third-order valence-electron chi connectivity index (χ3n) is 4.78. The van der Waals surface area contributed by atoms with E-state index < -0.39 is 29.3 Å². The zero-order valence-corrected chi connectivity index (χ0v) is 15.2. The molecule has 3 rings (SSSR count). The van der Waals surface area contributed by atoms with Crippen LogP contribution in [0.1, 0.15) is 35.7 Å². The van der Waals surface area contributed by atoms with Gasteiger partial charge in [-0.05, 0) is 55.7 Å². The molecule has 0 saturated heterocycles. The normalized spacial score (nSPS) is 15.7. The average molecular weight is 418 g/mol. The van der Waals surface area contributed by atoms with Crippen molar-refractivity contribution >= 4 is 5.97 Å². The van der Waals surface area contributed by atoms with Crippen molar-refractivity contribution in [1.29, 1.82) is 0 Å². The minimum Gasteiger partial charge on any atom is -0.462 e. The molecule has 0 radical (unpaired) electrons. The predicted octanol–water partition coefficient (Wildman–Crippen LogP) is 6.02. The number of esters is 1. The van der Waals surface area contributed by atoms with Gasteiger partial charge >= 0.3 is 18.1 Å². The van der Waals surface area contributed by atoms with Crippen molar-refractivity contribution in [3.8, 4) is 11.5 Å². The van der Waals surface area contributed by atoms with Crippen LogP contribution in [0.3, 0.4) is 0 Å². The number of carbonyl (C=O) groups excluding carboxylic acids is 1. The molecule has 0 aromatic heterocycles. The summed E-state index contributed by atoms with van der Waals surface area (Å²) in [6, 6.07) is 8.02. The van der Waals surface area contributed by atoms with Gasteiger partial charge in [-0.1, -0.05) is 12.1 Å². The van der Waals surface area contributed by atoms with Crippen LogP contribution in [-0.2, 0) is 10.2 Å². The van der Waals surface area contributed by atoms with E-state index in [-0.39, 0.29) is 42.1 Å². The van der Waals surface area contributed by atoms with Crippen LogP contribution >= 0.6 is 0 Å². The number of carbonyl (C=O) groups is 1. The molecule has 2 aromatic rings. The van der Waals surface area contributed by atoms with E-state index >= 15 is 0 Å². The Morgan fingerprint density at radius 1 is 1.03 bits per heavy atom. The molecule has 0 spiro atoms. The summed E-state index contributed by atoms with van der Waals surface area (Å²) in [5, 5.41) is 0. The third-order valence-corrected chi connectivity index (χ3v) is 4.78. The monoisotopic (exact) mass is 418 g/mol. The van der Waals surface area contributed by atoms with Gasteiger partial charge in [0, 0.05) is 0 Å². The van der Waals surface area contributed by atoms with Crippen molar-refractivity contribution in [3.05, 3.63) is 59.4 Å². The van der Waals surface area contributed by atoms with Crippen molar-refractivity contribution in [2.75, 3.05) is 6.61 Å². The van der Waals surface area contributed by atoms with E-state index in [9.17, 15) is 31.1 Å². The highest BCUT2D eigenvalue weighted by Gasteiger charge is 2.75. The molecule has 0 bridgehead atoms. The summed E-state index contributed by atoms with van der Waals surface area (Å²) in [4.78, 5) is 11.6. The van der Waals surface area contributed by atoms with Gasteiger partial charge in [0.05, 0.1) is 17.6 Å². The Morgan fingerprint density at radius 3 is 2.14 bits per heavy atom. The van der Waals surface area contributed by atoms with Gasteiger partial charge in [-0.3, -0.25) is 0 Å². The van der Waals surface area contributed by atoms with E-state index in [1.54, 1.807) is 6.92 Å². The Kier molecular flexibility index (Phi) is 5.27. The van der Waals surface area contributed by atoms with Crippen LogP contribution in [0.5, 0.6) is 11.5 Å². The van der Waals surface area contributed by atoms with Gasteiger partial charge in [-0.15, -0.1) is 0 Å². The highest BCUT2D eigenvalue weighted by atomic mass is 19.4. The fraction of sp³-hybridized carbons (Fsp3) is 0.350. The molecule has 156 valence electrons. The zero-order chi connectivity index (χ0) is 21.4. The molecule has 3 nitrogen and oxygen atoms in total. The Hall–Kier alpha value is -2.71. The van der Waals surface area contributed by atoms with Gasteiger partial charge in [-0.25, -0.2) is 9.18 Å². The second-order valence-electron chi connectivity index (χ2n) is 6.65. The van der Waals surface area contributed by atoms with Crippen molar-refractivity contribution in [3.63, 3.8) is 0 Å². The Morgan fingerprint density at radius 2 is 1.66 bits per heavy atom. The molecule has 0 aliphatic heterocycles. The number of rotatable bonds is 6. The van der Waals surface area contributed by atoms with Crippen LogP contribution in [-0.4, -0.2) is 24.7 Å². The lowest BCUT2D eigenvalue weighted by atomic mass is 9.88. The molecule has 0 unspecified atom stereocenters. The molecule has 29 heavy (non-hydrogen) atoms. The minimum absolute atomic E-state index is 0.0166. The quantitative estimate of drug-likeness (QED) is 0.425. The first-order valence-corrected chi connectivity index (χ1v) is 8.71. The minimum atomic E-state index is -5.65. The van der Waals surface area contributed by atoms with E-state index in [0.717, 1.165) is 18.2 Å². The molecule has 0 amide bonds. The van der Waals surface area contributed by atoms with E-state index in [1.807, 2.05) is 0 Å². The summed E-state index contributed by atoms with van der Waals surface area (Å²) < 4.78 is 90.2. The van der Waals surface area contributed by atoms with Crippen LogP contribution in [0.4, 0.5) is 26.3 Å². The molecule has 0 atom stereocenters. The number of halogens is 6. The lowest BCUT2D eigenvalue weighted by Crippen LogP contribution is -2.47. The first kappa shape index (κ1) is 21.0. The summed E-state index contributed by atoms with van der Waals surface area (Å²) in [6.07, 6.45) is -6.23. The summed E-state index contributed by atoms with van der Waals surface area (Å²) in [5.41, 5.74) is -2.46. The van der Waals surface area contributed by atoms with Crippen LogP contribution in [0.25, 0.3) is 0 Å². The summed E-state index contributed by atoms with van der Waals surface area (Å²) in [7, 11) is 0. The molecular formula is C20H16F6O3. The van der Waals surface area contributed by atoms with Crippen molar-refractivity contribution in [1.82, 2.24) is 0 Å². The maximum Gasteiger partial charge on any atom is 0.454 e. The molecule has 1 aliphatic rings. The zero-order valence-electron chi connectivity index (χ0n) is 15.2. The maximum atomic E-state index is 14.1. The average Bonchev–Trinajstić information content (AvgIpc) is 3.45. The van der Waals surface area contributed by atoms with Gasteiger partial charge < -0.3 is 9.47 Å². The van der Waals surface area contributed by atoms with E-state index in [0.29, 0.717) is 0 Å². The highest BCUT2D eigenvalue weighted by molar-refractivity contribution is 5.89. The number of hydrogen-bond donors (Lipinski definition) is 0. The smallest absolute Gasteiger partial charge is 0.454 e. The number of hydrogen-bond acceptors (Lipinski definition) is 3. The lowest BCUT2D eigenvalue weighted by Gasteiger charge is -2.29. The number of ether oxygens (including phenoxy) is 2. The molecule has 2 aromatic carbocycles. The topological polar surface area (TPSA) is 35.5 Å². The summed E-state index contributed by atoms with van der Waals surface area (Å²) >= 11 is 0. The van der Waals surface area contributed by atoms with Crippen LogP contribution in [0, 0.1) is 5.82 Å². The Labute approximate surface area is 162 Å². The van der Waals surface area contributed by atoms with Gasteiger partial charge in [0.1, 0.15) is 5.75 Å². The standard InChI is InChI=1S/C20H16F6O3/c1-2-28-17(27)12-3-8-16(15(21)11-12)29-14-6-4-13(5-7-14)18(9-10-18)19(22,23)20(24,25)26/h3-8,11H,2,9-10H2,1H3. The fourth-order valence-electron chi connectivity index (χ4n) is 3.07. The maximum absolute atomic E-state index is 14.1. The van der Waals surface area contributed by atoms with Gasteiger partial charge in [-0.2, -0.15) is 22.0 Å². The van der Waals surface area contributed by atoms with E-state index in [4.69, 9.17) is 9.47 Å². The molecule has 1 saturated carbocycles. The Balaban J connectivity index is 1.78. The van der Waals surface area contributed by atoms with Gasteiger partial charge in [0.15, 0.2) is 11.6 Å². The second-order valence-corrected chi connectivity index (χ2v) is 6.65. The van der Waals surface area contributed by atoms with Crippen LogP contribution < -0.4 is 4.74 Å². The Bertz CT molecular complexity index is 901. The van der Waals surface area contributed by atoms with Crippen molar-refractivity contribution in [2.45, 2.75) is 37.3 Å². The van der Waals surface area contributed by atoms with Crippen LogP contribution in [0.15, 0.2) is 42.5 Å². The molecule has 0 heterocycles. The number of benzene rings is 2. The summed E-state index contributed by atoms with van der Waals surface area (Å²) in [5.74, 6) is -6.61. The van der Waals surface area contributed by atoms with Gasteiger partial charge in [0.2, 0.25) is 0 Å². The molecule has 1 aliphatic carbocycles. The molecule has 9 heteroatoms. The SMILES string of the molecule is CCOC(=O)c1ccc(Oc2ccc(C3(C(F)(F)C(F)(F)F)CC3)cc2)c(F)c1. The third kappa shape index (κ3) is 3.77. The summed E-state index contributed by atoms with van der Waals surface area (Å²) in [6.45, 7) is 1.73. The molecule has 1 fully saturated rings. The van der Waals surface area contributed by atoms with Crippen molar-refractivity contribution in [2.24, 2.45) is 0 Å². The first-order valence-electron chi connectivity index (χ1n) is 8.71. The first-order chi connectivity index (χ1) is 13.5. The molecule has 0 N–H and O–H groups in total. The van der Waals surface area contributed by atoms with E-state index in [2.05, 4.69) is 0 Å². The highest BCUT2D eigenvalue weighted by Crippen LogP contribution is 2.63. The second kappa shape index (κ2) is 7.27. The van der Waals surface area contributed by atoms with E-state index in [1.165, 1.54) is 24.3 Å². The molecular weight excluding hydrogens is 402 g/mol. The predicted molar refractivity (Wildman–Crippen MR) is 90.8 cm³/mol. The largest absolute Gasteiger partial charge is 0.462 e. The lowest BCUT2D eigenvalue weighted by molar-refractivity contribution is -0.296. The van der Waals surface area contributed by atoms with Crippen LogP contribution in [0.2, 0.25) is 0 Å². The number of alkyl halides is 5.